The number of hydrogen-bond acceptors (Lipinski definition) is 5. The van der Waals surface area contributed by atoms with Crippen molar-refractivity contribution in [1.82, 2.24) is 0 Å². The quantitative estimate of drug-likeness (QED) is 0.145. The highest BCUT2D eigenvalue weighted by Gasteiger charge is 2.47. The summed E-state index contributed by atoms with van der Waals surface area (Å²) in [7, 11) is 0. The minimum atomic E-state index is -0.863. The molecule has 1 atom stereocenters. The molecule has 4 aromatic rings. The van der Waals surface area contributed by atoms with E-state index in [1.165, 1.54) is 4.90 Å². The van der Waals surface area contributed by atoms with E-state index in [-0.39, 0.29) is 11.3 Å². The van der Waals surface area contributed by atoms with E-state index in [1.54, 1.807) is 36.4 Å². The third kappa shape index (κ3) is 5.61. The average Bonchev–Trinajstić information content (AvgIpc) is 3.22. The maximum Gasteiger partial charge on any atom is 0.300 e. The minimum Gasteiger partial charge on any atom is -0.507 e. The second kappa shape index (κ2) is 11.5. The summed E-state index contributed by atoms with van der Waals surface area (Å²) in [6, 6.07) is 30.0. The van der Waals surface area contributed by atoms with Gasteiger partial charge in [-0.15, -0.1) is 0 Å². The normalized spacial score (nSPS) is 16.4. The van der Waals surface area contributed by atoms with E-state index < -0.39 is 17.7 Å². The summed E-state index contributed by atoms with van der Waals surface area (Å²) in [6.07, 6.45) is 0. The van der Waals surface area contributed by atoms with Gasteiger partial charge >= 0.3 is 0 Å². The molecule has 1 aliphatic heterocycles. The molecule has 0 radical (unpaired) electrons. The van der Waals surface area contributed by atoms with Gasteiger partial charge in [0.25, 0.3) is 11.7 Å². The van der Waals surface area contributed by atoms with Crippen molar-refractivity contribution in [2.45, 2.75) is 26.8 Å². The number of amides is 1. The molecular formula is C34H31NO5. The molecule has 0 spiro atoms. The number of para-hydroxylation sites is 1. The molecule has 1 N–H and O–H groups in total. The molecule has 6 heteroatoms. The number of carbonyl (C=O) groups is 2. The Morgan fingerprint density at radius 3 is 2.23 bits per heavy atom. The molecule has 1 heterocycles. The first kappa shape index (κ1) is 26.8. The van der Waals surface area contributed by atoms with Crippen molar-refractivity contribution in [2.24, 2.45) is 5.92 Å². The predicted molar refractivity (Wildman–Crippen MR) is 156 cm³/mol. The average molecular weight is 534 g/mol. The summed E-state index contributed by atoms with van der Waals surface area (Å²) < 4.78 is 11.8. The number of hydrogen-bond donors (Lipinski definition) is 1. The molecule has 1 aliphatic rings. The number of carbonyl (C=O) groups excluding carboxylic acids is 2. The number of nitrogens with zero attached hydrogens (tertiary/aromatic N) is 1. The van der Waals surface area contributed by atoms with Crippen LogP contribution in [0.5, 0.6) is 17.2 Å². The van der Waals surface area contributed by atoms with Crippen LogP contribution in [0.4, 0.5) is 5.69 Å². The van der Waals surface area contributed by atoms with Gasteiger partial charge in [0.15, 0.2) is 0 Å². The van der Waals surface area contributed by atoms with Crippen LogP contribution in [-0.4, -0.2) is 23.4 Å². The summed E-state index contributed by atoms with van der Waals surface area (Å²) in [6.45, 7) is 6.61. The maximum atomic E-state index is 13.5. The highest BCUT2D eigenvalue weighted by Crippen LogP contribution is 2.43. The van der Waals surface area contributed by atoms with Crippen molar-refractivity contribution in [3.05, 3.63) is 125 Å². The van der Waals surface area contributed by atoms with E-state index in [4.69, 9.17) is 9.47 Å². The second-order valence-corrected chi connectivity index (χ2v) is 10.2. The summed E-state index contributed by atoms with van der Waals surface area (Å²) in [5.41, 5.74) is 2.57. The molecule has 1 amide bonds. The fourth-order valence-electron chi connectivity index (χ4n) is 4.69. The Balaban J connectivity index is 1.60. The number of anilines is 1. The van der Waals surface area contributed by atoms with Gasteiger partial charge in [0.05, 0.1) is 18.2 Å². The molecule has 1 fully saturated rings. The van der Waals surface area contributed by atoms with Gasteiger partial charge in [-0.3, -0.25) is 14.5 Å². The van der Waals surface area contributed by atoms with Crippen LogP contribution in [0.25, 0.3) is 5.76 Å². The lowest BCUT2D eigenvalue weighted by Crippen LogP contribution is -2.29. The molecule has 0 aromatic heterocycles. The zero-order valence-electron chi connectivity index (χ0n) is 22.7. The van der Waals surface area contributed by atoms with Gasteiger partial charge < -0.3 is 14.6 Å². The van der Waals surface area contributed by atoms with Gasteiger partial charge in [-0.1, -0.05) is 56.3 Å². The number of aliphatic hydroxyl groups is 1. The second-order valence-electron chi connectivity index (χ2n) is 10.2. The molecule has 202 valence electrons. The Labute approximate surface area is 234 Å². The fraction of sp³-hybridized carbons (Fsp3) is 0.176. The van der Waals surface area contributed by atoms with E-state index in [0.29, 0.717) is 46.6 Å². The number of ketones is 1. The van der Waals surface area contributed by atoms with Gasteiger partial charge in [0.1, 0.15) is 23.0 Å². The Bertz CT molecular complexity index is 1560. The number of ether oxygens (including phenoxy) is 2. The summed E-state index contributed by atoms with van der Waals surface area (Å²) in [4.78, 5) is 28.5. The van der Waals surface area contributed by atoms with Gasteiger partial charge in [-0.2, -0.15) is 0 Å². The zero-order chi connectivity index (χ0) is 28.2. The van der Waals surface area contributed by atoms with Crippen molar-refractivity contribution < 1.29 is 24.2 Å². The molecule has 0 bridgehead atoms. The third-order valence-corrected chi connectivity index (χ3v) is 6.59. The number of aryl methyl sites for hydroxylation is 1. The molecule has 1 saturated heterocycles. The van der Waals surface area contributed by atoms with Crippen molar-refractivity contribution in [2.75, 3.05) is 11.5 Å². The largest absolute Gasteiger partial charge is 0.507 e. The minimum absolute atomic E-state index is 0.0132. The summed E-state index contributed by atoms with van der Waals surface area (Å²) in [5, 5.41) is 11.5. The molecule has 5 rings (SSSR count). The predicted octanol–water partition coefficient (Wildman–Crippen LogP) is 7.45. The summed E-state index contributed by atoms with van der Waals surface area (Å²) in [5.74, 6) is 0.530. The highest BCUT2D eigenvalue weighted by molar-refractivity contribution is 6.51. The molecular weight excluding hydrogens is 502 g/mol. The van der Waals surface area contributed by atoms with Gasteiger partial charge in [0, 0.05) is 11.3 Å². The van der Waals surface area contributed by atoms with Gasteiger partial charge in [0.2, 0.25) is 0 Å². The van der Waals surface area contributed by atoms with Crippen LogP contribution in [-0.2, 0) is 9.59 Å². The van der Waals surface area contributed by atoms with E-state index in [2.05, 4.69) is 13.8 Å². The Kier molecular flexibility index (Phi) is 7.69. The van der Waals surface area contributed by atoms with E-state index in [0.717, 1.165) is 5.56 Å². The van der Waals surface area contributed by atoms with Crippen LogP contribution >= 0.6 is 0 Å². The standard InChI is InChI=1S/C34H31NO5/c1-22(2)21-39-27-17-15-24(16-18-27)32(36)30-31(35(34(38)33(30)37)26-11-7-9-23(3)19-26)25-10-8-14-29(20-25)40-28-12-5-4-6-13-28/h4-20,22,31,36H,21H2,1-3H3/b32-30-. The van der Waals surface area contributed by atoms with Gasteiger partial charge in [-0.25, -0.2) is 0 Å². The Morgan fingerprint density at radius 1 is 0.825 bits per heavy atom. The van der Waals surface area contributed by atoms with Crippen LogP contribution < -0.4 is 14.4 Å². The van der Waals surface area contributed by atoms with E-state index in [9.17, 15) is 14.7 Å². The fourth-order valence-corrected chi connectivity index (χ4v) is 4.69. The maximum absolute atomic E-state index is 13.5. The molecule has 0 saturated carbocycles. The topological polar surface area (TPSA) is 76.1 Å². The van der Waals surface area contributed by atoms with Gasteiger partial charge in [-0.05, 0) is 84.6 Å². The molecule has 40 heavy (non-hydrogen) atoms. The van der Waals surface area contributed by atoms with Crippen LogP contribution in [0, 0.1) is 12.8 Å². The molecule has 0 aliphatic carbocycles. The Morgan fingerprint density at radius 2 is 1.52 bits per heavy atom. The Hall–Kier alpha value is -4.84. The monoisotopic (exact) mass is 533 g/mol. The molecule has 6 nitrogen and oxygen atoms in total. The third-order valence-electron chi connectivity index (χ3n) is 6.59. The number of benzene rings is 4. The van der Waals surface area contributed by atoms with Crippen molar-refractivity contribution in [1.29, 1.82) is 0 Å². The smallest absolute Gasteiger partial charge is 0.300 e. The van der Waals surface area contributed by atoms with E-state index >= 15 is 0 Å². The van der Waals surface area contributed by atoms with Crippen LogP contribution in [0.15, 0.2) is 109 Å². The van der Waals surface area contributed by atoms with Crippen molar-refractivity contribution in [3.8, 4) is 17.2 Å². The lowest BCUT2D eigenvalue weighted by molar-refractivity contribution is -0.132. The molecule has 1 unspecified atom stereocenters. The number of Topliss-reactive ketones (excluding diaryl/α,β-unsaturated/α-hetero) is 1. The number of aliphatic hydroxyl groups excluding tert-OH is 1. The molecule has 4 aromatic carbocycles. The lowest BCUT2D eigenvalue weighted by Gasteiger charge is -2.26. The lowest BCUT2D eigenvalue weighted by atomic mass is 9.95. The highest BCUT2D eigenvalue weighted by atomic mass is 16.5. The van der Waals surface area contributed by atoms with Crippen LogP contribution in [0.2, 0.25) is 0 Å². The summed E-state index contributed by atoms with van der Waals surface area (Å²) >= 11 is 0. The zero-order valence-corrected chi connectivity index (χ0v) is 22.7. The van der Waals surface area contributed by atoms with E-state index in [1.807, 2.05) is 73.7 Å². The number of rotatable bonds is 8. The van der Waals surface area contributed by atoms with Crippen LogP contribution in [0.1, 0.15) is 36.6 Å². The first-order chi connectivity index (χ1) is 19.3. The SMILES string of the molecule is Cc1cccc(N2C(=O)C(=O)/C(=C(\O)c3ccc(OCC(C)C)cc3)C2c2cccc(Oc3ccccc3)c2)c1. The van der Waals surface area contributed by atoms with Crippen molar-refractivity contribution in [3.63, 3.8) is 0 Å². The first-order valence-electron chi connectivity index (χ1n) is 13.3. The van der Waals surface area contributed by atoms with Crippen molar-refractivity contribution >= 4 is 23.1 Å². The van der Waals surface area contributed by atoms with Crippen LogP contribution in [0.3, 0.4) is 0 Å². The first-order valence-corrected chi connectivity index (χ1v) is 13.3.